The predicted octanol–water partition coefficient (Wildman–Crippen LogP) is 4.20. The Bertz CT molecular complexity index is 1040. The van der Waals surface area contributed by atoms with Crippen molar-refractivity contribution in [3.05, 3.63) is 58.6 Å². The van der Waals surface area contributed by atoms with Crippen molar-refractivity contribution in [2.24, 2.45) is 5.92 Å². The summed E-state index contributed by atoms with van der Waals surface area (Å²) in [4.78, 5) is 29.6. The number of hydrogen-bond donors (Lipinski definition) is 2. The van der Waals surface area contributed by atoms with Gasteiger partial charge in [-0.15, -0.1) is 0 Å². The molecule has 5 rings (SSSR count). The van der Waals surface area contributed by atoms with E-state index in [1.54, 1.807) is 12.3 Å². The van der Waals surface area contributed by atoms with Gasteiger partial charge in [-0.2, -0.15) is 0 Å². The fraction of sp³-hybridized carbons (Fsp3) is 0.458. The summed E-state index contributed by atoms with van der Waals surface area (Å²) >= 11 is 5.67. The number of halogens is 2. The minimum Gasteiger partial charge on any atom is -0.484 e. The molecule has 8 heteroatoms. The van der Waals surface area contributed by atoms with E-state index in [0.717, 1.165) is 43.7 Å². The fourth-order valence-electron chi connectivity index (χ4n) is 5.07. The van der Waals surface area contributed by atoms with Crippen LogP contribution in [0.25, 0.3) is 0 Å². The van der Waals surface area contributed by atoms with Crippen LogP contribution in [0.4, 0.5) is 4.39 Å². The van der Waals surface area contributed by atoms with Gasteiger partial charge in [-0.25, -0.2) is 4.39 Å². The number of rotatable bonds is 6. The zero-order valence-electron chi connectivity index (χ0n) is 18.2. The molecular formula is C24H27ClFN3O3. The van der Waals surface area contributed by atoms with Gasteiger partial charge in [0.2, 0.25) is 0 Å². The minimum absolute atomic E-state index is 0.00711. The number of hydrogen-bond acceptors (Lipinski definition) is 4. The maximum atomic E-state index is 13.6. The molecule has 3 fully saturated rings. The molecule has 3 aliphatic rings. The monoisotopic (exact) mass is 459 g/mol. The molecule has 170 valence electrons. The van der Waals surface area contributed by atoms with Gasteiger partial charge < -0.3 is 15.4 Å². The molecule has 2 bridgehead atoms. The fourth-order valence-corrected chi connectivity index (χ4v) is 5.19. The third kappa shape index (κ3) is 4.58. The van der Waals surface area contributed by atoms with E-state index in [9.17, 15) is 14.0 Å². The molecule has 6 nitrogen and oxygen atoms in total. The Hall–Kier alpha value is -2.67. The molecule has 1 aromatic heterocycles. The van der Waals surface area contributed by atoms with Gasteiger partial charge >= 0.3 is 0 Å². The quantitative estimate of drug-likeness (QED) is 0.678. The Balaban J connectivity index is 1.35. The standard InChI is InChI=1S/C24H27ClFN3O3/c1-15-5-10-27-20(11-15)22(31)29-23-6-8-24(9-7-23,16(2)13-23)28-21(30)14-32-17-3-4-18(25)19(26)12-17/h3-5,10-12,16H,6-9,13-14H2,1-2H3,(H,28,30)(H,29,31). The molecule has 2 N–H and O–H groups in total. The number of benzene rings is 1. The first-order chi connectivity index (χ1) is 15.2. The van der Waals surface area contributed by atoms with Crippen molar-refractivity contribution in [3.8, 4) is 5.75 Å². The lowest BCUT2D eigenvalue weighted by Gasteiger charge is -2.57. The molecule has 0 radical (unpaired) electrons. The van der Waals surface area contributed by atoms with Crippen LogP contribution in [0, 0.1) is 18.7 Å². The van der Waals surface area contributed by atoms with E-state index in [0.29, 0.717) is 5.69 Å². The molecule has 2 aromatic rings. The second kappa shape index (κ2) is 8.70. The van der Waals surface area contributed by atoms with Gasteiger partial charge in [-0.05, 0) is 74.8 Å². The highest BCUT2D eigenvalue weighted by atomic mass is 35.5. The smallest absolute Gasteiger partial charge is 0.270 e. The van der Waals surface area contributed by atoms with Gasteiger partial charge in [-0.3, -0.25) is 14.6 Å². The van der Waals surface area contributed by atoms with Crippen molar-refractivity contribution in [3.63, 3.8) is 0 Å². The second-order valence-corrected chi connectivity index (χ2v) is 9.53. The molecule has 2 amide bonds. The Kier molecular flexibility index (Phi) is 6.12. The number of fused-ring (bicyclic) bond motifs is 3. The van der Waals surface area contributed by atoms with Crippen molar-refractivity contribution >= 4 is 23.4 Å². The largest absolute Gasteiger partial charge is 0.484 e. The van der Waals surface area contributed by atoms with Gasteiger partial charge in [0.1, 0.15) is 17.3 Å². The molecule has 0 aliphatic heterocycles. The number of aryl methyl sites for hydroxylation is 1. The molecule has 1 atom stereocenters. The Morgan fingerprint density at radius 2 is 1.94 bits per heavy atom. The second-order valence-electron chi connectivity index (χ2n) is 9.13. The van der Waals surface area contributed by atoms with Crippen LogP contribution in [-0.2, 0) is 4.79 Å². The average molecular weight is 460 g/mol. The summed E-state index contributed by atoms with van der Waals surface area (Å²) in [5, 5.41) is 6.41. The third-order valence-corrected chi connectivity index (χ3v) is 7.22. The van der Waals surface area contributed by atoms with E-state index in [4.69, 9.17) is 16.3 Å². The maximum absolute atomic E-state index is 13.6. The molecule has 1 heterocycles. The number of amides is 2. The first-order valence-corrected chi connectivity index (χ1v) is 11.2. The SMILES string of the molecule is Cc1ccnc(C(=O)NC23CCC(NC(=O)COc4ccc(Cl)c(F)c4)(CC2)C(C)C3)c1. The van der Waals surface area contributed by atoms with Gasteiger partial charge in [0, 0.05) is 23.3 Å². The summed E-state index contributed by atoms with van der Waals surface area (Å²) in [6.45, 7) is 3.85. The van der Waals surface area contributed by atoms with Crippen LogP contribution >= 0.6 is 11.6 Å². The van der Waals surface area contributed by atoms with Crippen LogP contribution in [0.2, 0.25) is 5.02 Å². The van der Waals surface area contributed by atoms with E-state index < -0.39 is 5.82 Å². The molecule has 3 saturated carbocycles. The summed E-state index contributed by atoms with van der Waals surface area (Å²) in [7, 11) is 0. The van der Waals surface area contributed by atoms with Gasteiger partial charge in [0.05, 0.1) is 5.02 Å². The lowest BCUT2D eigenvalue weighted by atomic mass is 9.56. The van der Waals surface area contributed by atoms with Crippen LogP contribution < -0.4 is 15.4 Å². The lowest BCUT2D eigenvalue weighted by molar-refractivity contribution is -0.128. The molecule has 1 unspecified atom stereocenters. The summed E-state index contributed by atoms with van der Waals surface area (Å²) in [5.41, 5.74) is 0.831. The van der Waals surface area contributed by atoms with Crippen molar-refractivity contribution in [2.45, 2.75) is 57.0 Å². The summed E-state index contributed by atoms with van der Waals surface area (Å²) in [5.74, 6) is -0.535. The average Bonchev–Trinajstić information content (AvgIpc) is 2.76. The van der Waals surface area contributed by atoms with E-state index in [2.05, 4.69) is 22.5 Å². The predicted molar refractivity (Wildman–Crippen MR) is 119 cm³/mol. The molecule has 0 saturated heterocycles. The maximum Gasteiger partial charge on any atom is 0.270 e. The van der Waals surface area contributed by atoms with Crippen LogP contribution in [0.5, 0.6) is 5.75 Å². The summed E-state index contributed by atoms with van der Waals surface area (Å²) < 4.78 is 19.0. The zero-order valence-corrected chi connectivity index (χ0v) is 19.0. The topological polar surface area (TPSA) is 80.3 Å². The van der Waals surface area contributed by atoms with E-state index in [1.165, 1.54) is 12.1 Å². The Labute approximate surface area is 191 Å². The molecule has 3 aliphatic carbocycles. The first-order valence-electron chi connectivity index (χ1n) is 10.8. The Morgan fingerprint density at radius 1 is 1.19 bits per heavy atom. The van der Waals surface area contributed by atoms with Crippen LogP contribution in [0.3, 0.4) is 0 Å². The van der Waals surface area contributed by atoms with Crippen LogP contribution in [0.15, 0.2) is 36.5 Å². The number of carbonyl (C=O) groups excluding carboxylic acids is 2. The van der Waals surface area contributed by atoms with E-state index >= 15 is 0 Å². The highest BCUT2D eigenvalue weighted by Crippen LogP contribution is 2.50. The van der Waals surface area contributed by atoms with Crippen LogP contribution in [0.1, 0.15) is 55.1 Å². The van der Waals surface area contributed by atoms with Crippen LogP contribution in [-0.4, -0.2) is 34.5 Å². The molecular weight excluding hydrogens is 433 g/mol. The highest BCUT2D eigenvalue weighted by Gasteiger charge is 2.54. The Morgan fingerprint density at radius 3 is 2.59 bits per heavy atom. The third-order valence-electron chi connectivity index (χ3n) is 6.92. The van der Waals surface area contributed by atoms with Gasteiger partial charge in [-0.1, -0.05) is 18.5 Å². The normalized spacial score (nSPS) is 26.4. The van der Waals surface area contributed by atoms with Gasteiger partial charge in [0.15, 0.2) is 6.61 Å². The zero-order chi connectivity index (χ0) is 22.9. The van der Waals surface area contributed by atoms with Crippen molar-refractivity contribution in [1.82, 2.24) is 15.6 Å². The highest BCUT2D eigenvalue weighted by molar-refractivity contribution is 6.30. The number of aromatic nitrogens is 1. The van der Waals surface area contributed by atoms with Crippen molar-refractivity contribution < 1.29 is 18.7 Å². The minimum atomic E-state index is -0.587. The molecule has 32 heavy (non-hydrogen) atoms. The first kappa shape index (κ1) is 22.5. The number of carbonyl (C=O) groups is 2. The molecule has 0 spiro atoms. The van der Waals surface area contributed by atoms with E-state index in [1.807, 2.05) is 13.0 Å². The lowest BCUT2D eigenvalue weighted by Crippen LogP contribution is -2.67. The summed E-state index contributed by atoms with van der Waals surface area (Å²) in [6.07, 6.45) is 5.56. The number of pyridine rings is 1. The van der Waals surface area contributed by atoms with Gasteiger partial charge in [0.25, 0.3) is 11.8 Å². The molecule has 1 aromatic carbocycles. The van der Waals surface area contributed by atoms with Crippen molar-refractivity contribution in [1.29, 1.82) is 0 Å². The van der Waals surface area contributed by atoms with E-state index in [-0.39, 0.29) is 46.2 Å². The number of nitrogens with zero attached hydrogens (tertiary/aromatic N) is 1. The number of nitrogens with one attached hydrogen (secondary N) is 2. The number of ether oxygens (including phenoxy) is 1. The van der Waals surface area contributed by atoms with Crippen molar-refractivity contribution in [2.75, 3.05) is 6.61 Å². The summed E-state index contributed by atoms with van der Waals surface area (Å²) in [6, 6.07) is 7.74.